The van der Waals surface area contributed by atoms with E-state index >= 15 is 0 Å². The van der Waals surface area contributed by atoms with Crippen molar-refractivity contribution < 1.29 is 8.42 Å². The molecule has 0 aliphatic rings. The summed E-state index contributed by atoms with van der Waals surface area (Å²) >= 11 is 0. The van der Waals surface area contributed by atoms with Crippen LogP contribution in [0.25, 0.3) is 0 Å². The quantitative estimate of drug-likeness (QED) is 0.516. The van der Waals surface area contributed by atoms with Gasteiger partial charge in [-0.1, -0.05) is 6.07 Å². The number of rotatable bonds is 7. The molecule has 0 bridgehead atoms. The number of primary sulfonamides is 1. The van der Waals surface area contributed by atoms with E-state index < -0.39 is 10.0 Å². The van der Waals surface area contributed by atoms with E-state index in [1.54, 1.807) is 12.1 Å². The first-order valence-corrected chi connectivity index (χ1v) is 8.13. The molecule has 0 atom stereocenters. The minimum absolute atomic E-state index is 0.0400. The smallest absolute Gasteiger partial charge is 0.240 e. The molecule has 1 aromatic carbocycles. The number of anilines is 2. The third-order valence-electron chi connectivity index (χ3n) is 3.26. The molecule has 6 nitrogen and oxygen atoms in total. The van der Waals surface area contributed by atoms with Gasteiger partial charge in [0.2, 0.25) is 10.0 Å². The molecule has 0 aliphatic carbocycles. The lowest BCUT2D eigenvalue weighted by Gasteiger charge is -2.21. The monoisotopic (exact) mass is 300 g/mol. The highest BCUT2D eigenvalue weighted by molar-refractivity contribution is 7.89. The molecule has 0 saturated carbocycles. The molecule has 0 aromatic heterocycles. The van der Waals surface area contributed by atoms with Crippen LogP contribution in [0.4, 0.5) is 11.4 Å². The molecule has 1 rings (SSSR count). The van der Waals surface area contributed by atoms with Crippen LogP contribution in [0, 0.1) is 0 Å². The van der Waals surface area contributed by atoms with Crippen LogP contribution in [-0.4, -0.2) is 39.5 Å². The molecule has 0 radical (unpaired) electrons. The Kier molecular flexibility index (Phi) is 5.79. The van der Waals surface area contributed by atoms with Crippen molar-refractivity contribution in [1.29, 1.82) is 0 Å². The van der Waals surface area contributed by atoms with Crippen LogP contribution in [0.3, 0.4) is 0 Å². The fourth-order valence-corrected chi connectivity index (χ4v) is 2.44. The summed E-state index contributed by atoms with van der Waals surface area (Å²) in [5.74, 6) is 0. The van der Waals surface area contributed by atoms with Crippen LogP contribution in [0.5, 0.6) is 0 Å². The van der Waals surface area contributed by atoms with Crippen molar-refractivity contribution in [1.82, 2.24) is 4.90 Å². The van der Waals surface area contributed by atoms with Crippen molar-refractivity contribution in [3.05, 3.63) is 18.2 Å². The summed E-state index contributed by atoms with van der Waals surface area (Å²) in [6, 6.07) is 5.28. The van der Waals surface area contributed by atoms with E-state index in [9.17, 15) is 8.42 Å². The average molecular weight is 300 g/mol. The molecule has 0 fully saturated rings. The van der Waals surface area contributed by atoms with Gasteiger partial charge in [-0.3, -0.25) is 0 Å². The summed E-state index contributed by atoms with van der Waals surface area (Å²) in [5.41, 5.74) is 6.60. The first kappa shape index (κ1) is 16.7. The standard InChI is InChI=1S/C13H24N4O2S/c1-10(2)17(3)9-5-8-16-11-6-4-7-12(13(11)14)20(15,18)19/h4,6-7,10,16H,5,8-9,14H2,1-3H3,(H2,15,18,19). The van der Waals surface area contributed by atoms with Crippen molar-refractivity contribution in [2.75, 3.05) is 31.2 Å². The number of hydrogen-bond donors (Lipinski definition) is 3. The van der Waals surface area contributed by atoms with Crippen LogP contribution >= 0.6 is 0 Å². The fourth-order valence-electron chi connectivity index (χ4n) is 1.76. The molecule has 0 saturated heterocycles. The second-order valence-corrected chi connectivity index (χ2v) is 6.65. The zero-order chi connectivity index (χ0) is 15.3. The minimum atomic E-state index is -3.78. The predicted octanol–water partition coefficient (Wildman–Crippen LogP) is 1.06. The van der Waals surface area contributed by atoms with Gasteiger partial charge in [-0.2, -0.15) is 0 Å². The summed E-state index contributed by atoms with van der Waals surface area (Å²) in [5, 5.41) is 8.26. The first-order valence-electron chi connectivity index (χ1n) is 6.59. The number of hydrogen-bond acceptors (Lipinski definition) is 5. The van der Waals surface area contributed by atoms with Gasteiger partial charge in [-0.25, -0.2) is 13.6 Å². The number of nitrogens with two attached hydrogens (primary N) is 2. The Morgan fingerprint density at radius 3 is 2.55 bits per heavy atom. The Labute approximate surface area is 121 Å². The molecule has 114 valence electrons. The van der Waals surface area contributed by atoms with Gasteiger partial charge in [-0.15, -0.1) is 0 Å². The van der Waals surface area contributed by atoms with Gasteiger partial charge in [0.1, 0.15) is 4.90 Å². The van der Waals surface area contributed by atoms with Crippen LogP contribution in [-0.2, 0) is 10.0 Å². The maximum absolute atomic E-state index is 11.4. The summed E-state index contributed by atoms with van der Waals surface area (Å²) in [7, 11) is -1.71. The van der Waals surface area contributed by atoms with E-state index in [1.165, 1.54) is 6.07 Å². The number of nitrogens with one attached hydrogen (secondary N) is 1. The third-order valence-corrected chi connectivity index (χ3v) is 4.23. The summed E-state index contributed by atoms with van der Waals surface area (Å²) < 4.78 is 22.7. The second kappa shape index (κ2) is 6.92. The Bertz CT molecular complexity index is 543. The molecule has 0 aliphatic heterocycles. The van der Waals surface area contributed by atoms with E-state index in [-0.39, 0.29) is 10.6 Å². The zero-order valence-electron chi connectivity index (χ0n) is 12.3. The molecule has 5 N–H and O–H groups in total. The Balaban J connectivity index is 2.62. The molecule has 7 heteroatoms. The number of para-hydroxylation sites is 1. The largest absolute Gasteiger partial charge is 0.396 e. The average Bonchev–Trinajstić information content (AvgIpc) is 2.34. The van der Waals surface area contributed by atoms with Crippen molar-refractivity contribution >= 4 is 21.4 Å². The van der Waals surface area contributed by atoms with Gasteiger partial charge in [0.15, 0.2) is 0 Å². The lowest BCUT2D eigenvalue weighted by atomic mass is 10.2. The Hall–Kier alpha value is -1.31. The first-order chi connectivity index (χ1) is 9.23. The fraction of sp³-hybridized carbons (Fsp3) is 0.538. The van der Waals surface area contributed by atoms with E-state index in [0.29, 0.717) is 11.7 Å². The van der Waals surface area contributed by atoms with Crippen LogP contribution in [0.15, 0.2) is 23.1 Å². The molecule has 1 aromatic rings. The molecule has 0 spiro atoms. The van der Waals surface area contributed by atoms with Crippen LogP contribution < -0.4 is 16.2 Å². The topological polar surface area (TPSA) is 101 Å². The predicted molar refractivity (Wildman–Crippen MR) is 83.1 cm³/mol. The van der Waals surface area contributed by atoms with Crippen LogP contribution in [0.1, 0.15) is 20.3 Å². The highest BCUT2D eigenvalue weighted by atomic mass is 32.2. The van der Waals surface area contributed by atoms with E-state index in [2.05, 4.69) is 31.1 Å². The van der Waals surface area contributed by atoms with Crippen LogP contribution in [0.2, 0.25) is 0 Å². The highest BCUT2D eigenvalue weighted by Gasteiger charge is 2.14. The van der Waals surface area contributed by atoms with Crippen molar-refractivity contribution in [3.63, 3.8) is 0 Å². The zero-order valence-corrected chi connectivity index (χ0v) is 13.1. The number of benzene rings is 1. The second-order valence-electron chi connectivity index (χ2n) is 5.12. The molecule has 0 unspecified atom stereocenters. The van der Waals surface area contributed by atoms with E-state index in [1.807, 2.05) is 0 Å². The SMILES string of the molecule is CC(C)N(C)CCCNc1cccc(S(N)(=O)=O)c1N. The third kappa shape index (κ3) is 4.66. The van der Waals surface area contributed by atoms with Gasteiger partial charge in [0.25, 0.3) is 0 Å². The van der Waals surface area contributed by atoms with E-state index in [4.69, 9.17) is 10.9 Å². The molecule has 20 heavy (non-hydrogen) atoms. The highest BCUT2D eigenvalue weighted by Crippen LogP contribution is 2.25. The van der Waals surface area contributed by atoms with Gasteiger partial charge in [0.05, 0.1) is 11.4 Å². The van der Waals surface area contributed by atoms with Gasteiger partial charge in [-0.05, 0) is 46.0 Å². The number of nitrogen functional groups attached to an aromatic ring is 1. The normalized spacial score (nSPS) is 12.1. The molecular formula is C13H24N4O2S. The summed E-state index contributed by atoms with van der Waals surface area (Å²) in [4.78, 5) is 2.20. The Morgan fingerprint density at radius 2 is 2.00 bits per heavy atom. The molecule has 0 heterocycles. The molecule has 0 amide bonds. The van der Waals surface area contributed by atoms with Gasteiger partial charge in [0, 0.05) is 12.6 Å². The van der Waals surface area contributed by atoms with Gasteiger partial charge < -0.3 is 16.0 Å². The van der Waals surface area contributed by atoms with Crippen molar-refractivity contribution in [3.8, 4) is 0 Å². The maximum atomic E-state index is 11.4. The van der Waals surface area contributed by atoms with Crippen molar-refractivity contribution in [2.45, 2.75) is 31.2 Å². The molecular weight excluding hydrogens is 276 g/mol. The summed E-state index contributed by atoms with van der Waals surface area (Å²) in [6.45, 7) is 5.96. The lowest BCUT2D eigenvalue weighted by molar-refractivity contribution is 0.273. The number of nitrogens with zero attached hydrogens (tertiary/aromatic N) is 1. The lowest BCUT2D eigenvalue weighted by Crippen LogP contribution is -2.28. The Morgan fingerprint density at radius 1 is 1.35 bits per heavy atom. The summed E-state index contributed by atoms with van der Waals surface area (Å²) in [6.07, 6.45) is 0.938. The number of sulfonamides is 1. The van der Waals surface area contributed by atoms with Gasteiger partial charge >= 0.3 is 0 Å². The van der Waals surface area contributed by atoms with Crippen molar-refractivity contribution in [2.24, 2.45) is 5.14 Å². The maximum Gasteiger partial charge on any atom is 0.240 e. The van der Waals surface area contributed by atoms with E-state index in [0.717, 1.165) is 19.5 Å². The minimum Gasteiger partial charge on any atom is -0.396 e.